The van der Waals surface area contributed by atoms with Gasteiger partial charge in [-0.25, -0.2) is 24.1 Å². The van der Waals surface area contributed by atoms with Crippen LogP contribution in [0.4, 0.5) is 20.7 Å². The molecule has 0 unspecified atom stereocenters. The zero-order valence-corrected chi connectivity index (χ0v) is 25.3. The van der Waals surface area contributed by atoms with Gasteiger partial charge in [-0.05, 0) is 53.1 Å². The van der Waals surface area contributed by atoms with Crippen LogP contribution in [0.5, 0.6) is 0 Å². The van der Waals surface area contributed by atoms with Crippen molar-refractivity contribution in [3.63, 3.8) is 0 Å². The van der Waals surface area contributed by atoms with E-state index in [1.807, 2.05) is 27.8 Å². The van der Waals surface area contributed by atoms with Crippen LogP contribution in [-0.2, 0) is 0 Å². The molecule has 0 bridgehead atoms. The molecule has 0 aromatic carbocycles. The van der Waals surface area contributed by atoms with Crippen molar-refractivity contribution in [2.24, 2.45) is 11.8 Å². The van der Waals surface area contributed by atoms with E-state index < -0.39 is 17.8 Å². The maximum Gasteiger partial charge on any atom is 0.408 e. The van der Waals surface area contributed by atoms with Gasteiger partial charge in [0.1, 0.15) is 11.5 Å². The predicted molar refractivity (Wildman–Crippen MR) is 160 cm³/mol. The first-order valence-corrected chi connectivity index (χ1v) is 14.2. The Hall–Kier alpha value is -3.84. The number of fused-ring (bicyclic) bond motifs is 1. The van der Waals surface area contributed by atoms with Gasteiger partial charge in [-0.1, -0.05) is 13.8 Å². The van der Waals surface area contributed by atoms with Crippen LogP contribution in [-0.4, -0.2) is 92.2 Å². The van der Waals surface area contributed by atoms with Gasteiger partial charge in [0.15, 0.2) is 11.5 Å². The van der Waals surface area contributed by atoms with Crippen molar-refractivity contribution in [3.05, 3.63) is 48.1 Å². The molecule has 3 aromatic rings. The highest BCUT2D eigenvalue weighted by Crippen LogP contribution is 2.24. The Morgan fingerprint density at radius 1 is 1.12 bits per heavy atom. The lowest BCUT2D eigenvalue weighted by atomic mass is 9.98. The molecule has 5 rings (SSSR count). The predicted octanol–water partition coefficient (Wildman–Crippen LogP) is 3.24. The van der Waals surface area contributed by atoms with Crippen LogP contribution in [0.25, 0.3) is 5.65 Å². The maximum atomic E-state index is 14.2. The molecule has 13 heteroatoms. The number of anilines is 2. The zero-order chi connectivity index (χ0) is 30.8. The number of hydrogen-bond donors (Lipinski definition) is 4. The Morgan fingerprint density at radius 3 is 2.40 bits per heavy atom. The molecule has 4 N–H and O–H groups in total. The summed E-state index contributed by atoms with van der Waals surface area (Å²) in [4.78, 5) is 40.1. The van der Waals surface area contributed by atoms with Crippen LogP contribution < -0.4 is 20.9 Å². The Balaban J connectivity index is 0.000000244. The number of pyridine rings is 1. The third-order valence-electron chi connectivity index (χ3n) is 7.80. The van der Waals surface area contributed by atoms with Gasteiger partial charge in [0.2, 0.25) is 0 Å². The van der Waals surface area contributed by atoms with Gasteiger partial charge in [-0.15, -0.1) is 0 Å². The second-order valence-electron chi connectivity index (χ2n) is 12.2. The number of carbonyl (C=O) groups excluding carboxylic acids is 1. The molecule has 4 atom stereocenters. The molecular weight excluding hydrogens is 541 g/mol. The highest BCUT2D eigenvalue weighted by Gasteiger charge is 2.38. The van der Waals surface area contributed by atoms with Crippen molar-refractivity contribution in [1.82, 2.24) is 34.9 Å². The van der Waals surface area contributed by atoms with Gasteiger partial charge >= 0.3 is 6.09 Å². The number of nitrogens with zero attached hydrogens (tertiary/aromatic N) is 6. The number of carboxylic acid groups (broad SMARTS) is 1. The summed E-state index contributed by atoms with van der Waals surface area (Å²) in [6, 6.07) is 1.75. The summed E-state index contributed by atoms with van der Waals surface area (Å²) in [5, 5.41) is 18.4. The Kier molecular flexibility index (Phi) is 9.31. The SMILES string of the molecule is CN[C@H]1CN(c2cnc(C(=O)Nc3cc(F)c4nc(C)cn4c3)cn2)C[C@H]1C.C[C@@H]1CNC[C@@H]1N(C(=O)O)C(C)(C)C. The molecular formula is C29H42FN9O3. The van der Waals surface area contributed by atoms with Crippen molar-refractivity contribution in [2.45, 2.75) is 59.2 Å². The molecule has 12 nitrogen and oxygen atoms in total. The fourth-order valence-corrected chi connectivity index (χ4v) is 5.64. The number of likely N-dealkylation sites (N-methyl/N-ethyl adjacent to an activating group) is 1. The normalized spacial score (nSPS) is 22.1. The third-order valence-corrected chi connectivity index (χ3v) is 7.80. The van der Waals surface area contributed by atoms with E-state index >= 15 is 0 Å². The number of carbonyl (C=O) groups is 2. The topological polar surface area (TPSA) is 140 Å². The number of rotatable bonds is 5. The first-order chi connectivity index (χ1) is 19.8. The molecule has 0 aliphatic carbocycles. The van der Waals surface area contributed by atoms with E-state index in [1.165, 1.54) is 12.3 Å². The number of amides is 2. The molecule has 2 saturated heterocycles. The zero-order valence-electron chi connectivity index (χ0n) is 25.3. The molecule has 0 radical (unpaired) electrons. The molecule has 228 valence electrons. The molecule has 2 aliphatic heterocycles. The minimum Gasteiger partial charge on any atom is -0.465 e. The number of imidazole rings is 1. The van der Waals surface area contributed by atoms with Crippen molar-refractivity contribution < 1.29 is 19.1 Å². The fourth-order valence-electron chi connectivity index (χ4n) is 5.64. The summed E-state index contributed by atoms with van der Waals surface area (Å²) in [6.45, 7) is 15.3. The molecule has 0 saturated carbocycles. The van der Waals surface area contributed by atoms with Crippen LogP contribution in [0, 0.1) is 24.6 Å². The van der Waals surface area contributed by atoms with Gasteiger partial charge in [0, 0.05) is 49.7 Å². The highest BCUT2D eigenvalue weighted by atomic mass is 19.1. The lowest BCUT2D eigenvalue weighted by Gasteiger charge is -2.39. The van der Waals surface area contributed by atoms with Crippen LogP contribution >= 0.6 is 0 Å². The van der Waals surface area contributed by atoms with Crippen molar-refractivity contribution in [3.8, 4) is 0 Å². The van der Waals surface area contributed by atoms with Gasteiger partial charge in [-0.3, -0.25) is 9.69 Å². The molecule has 5 heterocycles. The average molecular weight is 584 g/mol. The van der Waals surface area contributed by atoms with E-state index in [0.717, 1.165) is 32.0 Å². The Bertz CT molecular complexity index is 1410. The number of aromatic nitrogens is 4. The third kappa shape index (κ3) is 6.96. The van der Waals surface area contributed by atoms with Gasteiger partial charge in [0.25, 0.3) is 5.91 Å². The molecule has 0 spiro atoms. The van der Waals surface area contributed by atoms with E-state index in [0.29, 0.717) is 29.3 Å². The molecule has 2 aliphatic rings. The van der Waals surface area contributed by atoms with E-state index in [1.54, 1.807) is 34.8 Å². The second kappa shape index (κ2) is 12.6. The van der Waals surface area contributed by atoms with Crippen molar-refractivity contribution >= 4 is 29.2 Å². The lowest BCUT2D eigenvalue weighted by Crippen LogP contribution is -2.53. The maximum absolute atomic E-state index is 14.2. The monoisotopic (exact) mass is 583 g/mol. The van der Waals surface area contributed by atoms with Crippen LogP contribution in [0.3, 0.4) is 0 Å². The fraction of sp³-hybridized carbons (Fsp3) is 0.552. The van der Waals surface area contributed by atoms with Crippen LogP contribution in [0.2, 0.25) is 0 Å². The Morgan fingerprint density at radius 2 is 1.86 bits per heavy atom. The van der Waals surface area contributed by atoms with E-state index in [-0.39, 0.29) is 22.9 Å². The largest absolute Gasteiger partial charge is 0.465 e. The highest BCUT2D eigenvalue weighted by molar-refractivity contribution is 6.02. The summed E-state index contributed by atoms with van der Waals surface area (Å²) < 4.78 is 15.7. The molecule has 2 amide bonds. The minimum atomic E-state index is -0.821. The number of nitrogens with one attached hydrogen (secondary N) is 3. The van der Waals surface area contributed by atoms with Gasteiger partial charge in [-0.2, -0.15) is 0 Å². The molecule has 42 heavy (non-hydrogen) atoms. The van der Waals surface area contributed by atoms with E-state index in [4.69, 9.17) is 0 Å². The average Bonchev–Trinajstić information content (AvgIpc) is 3.61. The van der Waals surface area contributed by atoms with Gasteiger partial charge < -0.3 is 30.4 Å². The smallest absolute Gasteiger partial charge is 0.408 e. The lowest BCUT2D eigenvalue weighted by molar-refractivity contribution is 0.0644. The summed E-state index contributed by atoms with van der Waals surface area (Å²) in [5.74, 6) is 0.686. The molecule has 3 aromatic heterocycles. The number of hydrogen-bond acceptors (Lipinski definition) is 8. The van der Waals surface area contributed by atoms with E-state index in [2.05, 4.69) is 49.6 Å². The quantitative estimate of drug-likeness (QED) is 0.356. The second-order valence-corrected chi connectivity index (χ2v) is 12.2. The Labute approximate surface area is 245 Å². The minimum absolute atomic E-state index is 0.104. The summed E-state index contributed by atoms with van der Waals surface area (Å²) >= 11 is 0. The van der Waals surface area contributed by atoms with Crippen LogP contribution in [0.15, 0.2) is 30.9 Å². The first-order valence-electron chi connectivity index (χ1n) is 14.2. The number of halogens is 1. The summed E-state index contributed by atoms with van der Waals surface area (Å²) in [5.41, 5.74) is 1.09. The van der Waals surface area contributed by atoms with Gasteiger partial charge in [0.05, 0.1) is 29.8 Å². The number of aryl methyl sites for hydroxylation is 1. The molecule has 2 fully saturated rings. The van der Waals surface area contributed by atoms with Crippen LogP contribution in [0.1, 0.15) is 50.8 Å². The summed E-state index contributed by atoms with van der Waals surface area (Å²) in [6.07, 6.45) is 5.53. The standard InChI is InChI=1S/C19H22FN7O.C10H20N2O2/c1-11-7-26(10-16(11)21-3)17-6-22-15(5-23-17)19(28)25-13-4-14(20)18-24-12(2)8-27(18)9-13;1-7-5-11-6-8(7)12(9(13)14)10(2,3)4/h4-6,8-9,11,16,21H,7,10H2,1-3H3,(H,25,28);7-8,11H,5-6H2,1-4H3,(H,13,14)/t11-,16+;7-,8+/m11/s1. The van der Waals surface area contributed by atoms with Crippen molar-refractivity contribution in [1.29, 1.82) is 0 Å². The van der Waals surface area contributed by atoms with Crippen molar-refractivity contribution in [2.75, 3.05) is 43.4 Å². The van der Waals surface area contributed by atoms with E-state index in [9.17, 15) is 19.1 Å². The summed E-state index contributed by atoms with van der Waals surface area (Å²) in [7, 11) is 1.95. The first kappa shape index (κ1) is 31.1.